The number of nitrogens with two attached hydrogens (primary N) is 1. The van der Waals surface area contributed by atoms with Crippen molar-refractivity contribution in [2.24, 2.45) is 5.73 Å². The third-order valence-electron chi connectivity index (χ3n) is 3.26. The Morgan fingerprint density at radius 3 is 2.35 bits per heavy atom. The van der Waals surface area contributed by atoms with Crippen LogP contribution in [-0.4, -0.2) is 23.5 Å². The van der Waals surface area contributed by atoms with E-state index in [1.54, 1.807) is 11.3 Å². The second-order valence-electron chi connectivity index (χ2n) is 4.53. The fraction of sp³-hybridized carbons (Fsp3) is 0.692. The lowest BCUT2D eigenvalue weighted by Gasteiger charge is -2.37. The van der Waals surface area contributed by atoms with Crippen LogP contribution in [0.4, 0.5) is 0 Å². The number of nitrogens with zero attached hydrogens (tertiary/aromatic N) is 1. The number of likely N-dealkylation sites (N-methyl/N-ethyl adjacent to an activating group) is 1. The number of rotatable bonds is 6. The molecule has 0 radical (unpaired) electrons. The molecular formula is C13H23BrN2S. The second-order valence-corrected chi connectivity index (χ2v) is 7.03. The van der Waals surface area contributed by atoms with Crippen molar-refractivity contribution in [3.63, 3.8) is 0 Å². The van der Waals surface area contributed by atoms with E-state index in [1.807, 2.05) is 0 Å². The van der Waals surface area contributed by atoms with Gasteiger partial charge in [0.25, 0.3) is 0 Å². The molecule has 4 heteroatoms. The van der Waals surface area contributed by atoms with E-state index >= 15 is 0 Å². The maximum absolute atomic E-state index is 6.20. The summed E-state index contributed by atoms with van der Waals surface area (Å²) in [5.74, 6) is 0. The van der Waals surface area contributed by atoms with Crippen LogP contribution in [0.3, 0.4) is 0 Å². The Kier molecular flexibility index (Phi) is 6.13. The monoisotopic (exact) mass is 318 g/mol. The first-order valence-corrected chi connectivity index (χ1v) is 7.88. The first-order valence-electron chi connectivity index (χ1n) is 6.27. The molecule has 2 N–H and O–H groups in total. The lowest BCUT2D eigenvalue weighted by Crippen LogP contribution is -2.43. The van der Waals surface area contributed by atoms with Crippen LogP contribution in [0.1, 0.15) is 45.0 Å². The average molecular weight is 319 g/mol. The van der Waals surface area contributed by atoms with E-state index in [1.165, 1.54) is 8.66 Å². The summed E-state index contributed by atoms with van der Waals surface area (Å²) >= 11 is 5.32. The van der Waals surface area contributed by atoms with Crippen molar-refractivity contribution in [3.05, 3.63) is 20.8 Å². The summed E-state index contributed by atoms with van der Waals surface area (Å²) in [7, 11) is 0. The predicted octanol–water partition coefficient (Wildman–Crippen LogP) is 4.02. The Balaban J connectivity index is 2.99. The van der Waals surface area contributed by atoms with Crippen LogP contribution in [0.25, 0.3) is 0 Å². The van der Waals surface area contributed by atoms with Crippen molar-refractivity contribution in [2.45, 2.75) is 52.2 Å². The smallest absolute Gasteiger partial charge is 0.0702 e. The molecule has 1 aromatic rings. The van der Waals surface area contributed by atoms with Crippen molar-refractivity contribution in [1.29, 1.82) is 0 Å². The van der Waals surface area contributed by atoms with E-state index in [9.17, 15) is 0 Å². The molecule has 0 aromatic carbocycles. The summed E-state index contributed by atoms with van der Waals surface area (Å²) < 4.78 is 1.18. The van der Waals surface area contributed by atoms with Crippen LogP contribution in [-0.2, 0) is 0 Å². The molecule has 2 nitrogen and oxygen atoms in total. The summed E-state index contributed by atoms with van der Waals surface area (Å²) in [5.41, 5.74) is 6.20. The first kappa shape index (κ1) is 15.2. The molecule has 0 saturated carbocycles. The van der Waals surface area contributed by atoms with Gasteiger partial charge in [0, 0.05) is 17.0 Å². The van der Waals surface area contributed by atoms with Gasteiger partial charge in [0.1, 0.15) is 0 Å². The van der Waals surface area contributed by atoms with Gasteiger partial charge in [-0.25, -0.2) is 0 Å². The molecule has 0 saturated heterocycles. The highest BCUT2D eigenvalue weighted by Crippen LogP contribution is 2.33. The van der Waals surface area contributed by atoms with Gasteiger partial charge < -0.3 is 5.73 Å². The lowest BCUT2D eigenvalue weighted by atomic mass is 10.0. The zero-order valence-electron chi connectivity index (χ0n) is 11.1. The standard InChI is InChI=1S/C13H23BrN2S/c1-5-9(3)16(6-2)13(10(4)15)11-7-8-12(14)17-11/h7-10,13H,5-6,15H2,1-4H3. The zero-order valence-corrected chi connectivity index (χ0v) is 13.5. The minimum atomic E-state index is 0.148. The quantitative estimate of drug-likeness (QED) is 0.858. The summed E-state index contributed by atoms with van der Waals surface area (Å²) in [4.78, 5) is 3.86. The molecule has 1 rings (SSSR count). The Morgan fingerprint density at radius 2 is 2.00 bits per heavy atom. The van der Waals surface area contributed by atoms with Crippen LogP contribution in [0, 0.1) is 0 Å². The SMILES string of the molecule is CCC(C)N(CC)C(c1ccc(Br)s1)C(C)N. The van der Waals surface area contributed by atoms with Crippen LogP contribution in [0.5, 0.6) is 0 Å². The maximum atomic E-state index is 6.20. The summed E-state index contributed by atoms with van der Waals surface area (Å²) in [5, 5.41) is 0. The number of thiophene rings is 1. The van der Waals surface area contributed by atoms with Gasteiger partial charge in [0.2, 0.25) is 0 Å². The summed E-state index contributed by atoms with van der Waals surface area (Å²) in [6, 6.07) is 5.34. The van der Waals surface area contributed by atoms with Crippen molar-refractivity contribution in [1.82, 2.24) is 4.90 Å². The van der Waals surface area contributed by atoms with E-state index in [4.69, 9.17) is 5.73 Å². The van der Waals surface area contributed by atoms with Gasteiger partial charge in [0.15, 0.2) is 0 Å². The molecule has 0 amide bonds. The molecular weight excluding hydrogens is 296 g/mol. The van der Waals surface area contributed by atoms with Gasteiger partial charge in [-0.1, -0.05) is 13.8 Å². The van der Waals surface area contributed by atoms with Crippen LogP contribution >= 0.6 is 27.3 Å². The Morgan fingerprint density at radius 1 is 1.35 bits per heavy atom. The van der Waals surface area contributed by atoms with Crippen LogP contribution < -0.4 is 5.73 Å². The van der Waals surface area contributed by atoms with Crippen LogP contribution in [0.15, 0.2) is 15.9 Å². The van der Waals surface area contributed by atoms with E-state index in [-0.39, 0.29) is 6.04 Å². The molecule has 3 atom stereocenters. The summed E-state index contributed by atoms with van der Waals surface area (Å²) in [6.45, 7) is 9.86. The average Bonchev–Trinajstić information content (AvgIpc) is 2.70. The Bertz CT molecular complexity index is 338. The third-order valence-corrected chi connectivity index (χ3v) is 4.96. The van der Waals surface area contributed by atoms with Gasteiger partial charge in [-0.3, -0.25) is 4.90 Å². The van der Waals surface area contributed by atoms with Crippen molar-refractivity contribution >= 4 is 27.3 Å². The van der Waals surface area contributed by atoms with Crippen LogP contribution in [0.2, 0.25) is 0 Å². The van der Waals surface area contributed by atoms with Gasteiger partial charge in [-0.2, -0.15) is 0 Å². The highest BCUT2D eigenvalue weighted by Gasteiger charge is 2.27. The van der Waals surface area contributed by atoms with E-state index in [2.05, 4.69) is 60.7 Å². The summed E-state index contributed by atoms with van der Waals surface area (Å²) in [6.07, 6.45) is 1.16. The normalized spacial score (nSPS) is 17.1. The van der Waals surface area contributed by atoms with E-state index in [0.29, 0.717) is 12.1 Å². The molecule has 0 spiro atoms. The van der Waals surface area contributed by atoms with Crippen molar-refractivity contribution in [2.75, 3.05) is 6.54 Å². The third kappa shape index (κ3) is 3.78. The van der Waals surface area contributed by atoms with Gasteiger partial charge in [-0.15, -0.1) is 11.3 Å². The Labute approximate surface area is 117 Å². The topological polar surface area (TPSA) is 29.3 Å². The fourth-order valence-corrected chi connectivity index (χ4v) is 3.89. The lowest BCUT2D eigenvalue weighted by molar-refractivity contribution is 0.134. The van der Waals surface area contributed by atoms with Gasteiger partial charge in [0.05, 0.1) is 9.83 Å². The number of hydrogen-bond acceptors (Lipinski definition) is 3. The van der Waals surface area contributed by atoms with Gasteiger partial charge >= 0.3 is 0 Å². The number of halogens is 1. The minimum absolute atomic E-state index is 0.148. The zero-order chi connectivity index (χ0) is 13.0. The second kappa shape index (κ2) is 6.88. The van der Waals surface area contributed by atoms with E-state index in [0.717, 1.165) is 13.0 Å². The highest BCUT2D eigenvalue weighted by atomic mass is 79.9. The van der Waals surface area contributed by atoms with Crippen molar-refractivity contribution < 1.29 is 0 Å². The number of hydrogen-bond donors (Lipinski definition) is 1. The molecule has 0 aliphatic rings. The molecule has 17 heavy (non-hydrogen) atoms. The van der Waals surface area contributed by atoms with Gasteiger partial charge in [-0.05, 0) is 54.9 Å². The molecule has 1 aromatic heterocycles. The first-order chi connectivity index (χ1) is 8.01. The Hall–Kier alpha value is 0.1000. The van der Waals surface area contributed by atoms with E-state index < -0.39 is 0 Å². The molecule has 0 fully saturated rings. The largest absolute Gasteiger partial charge is 0.326 e. The molecule has 98 valence electrons. The predicted molar refractivity (Wildman–Crippen MR) is 80.5 cm³/mol. The van der Waals surface area contributed by atoms with Crippen molar-refractivity contribution in [3.8, 4) is 0 Å². The molecule has 3 unspecified atom stereocenters. The highest BCUT2D eigenvalue weighted by molar-refractivity contribution is 9.11. The minimum Gasteiger partial charge on any atom is -0.326 e. The molecule has 0 aliphatic carbocycles. The molecule has 1 heterocycles. The molecule has 0 bridgehead atoms. The maximum Gasteiger partial charge on any atom is 0.0702 e. The molecule has 0 aliphatic heterocycles. The fourth-order valence-electron chi connectivity index (χ4n) is 2.23.